The van der Waals surface area contributed by atoms with Crippen LogP contribution in [0.25, 0.3) is 0 Å². The fourth-order valence-corrected chi connectivity index (χ4v) is 4.86. The molecular formula is C24H41NO. The molecule has 0 saturated heterocycles. The molecule has 2 nitrogen and oxygen atoms in total. The lowest BCUT2D eigenvalue weighted by Gasteiger charge is -2.52. The molecular weight excluding hydrogens is 318 g/mol. The number of anilines is 1. The summed E-state index contributed by atoms with van der Waals surface area (Å²) in [6.07, 6.45) is 0. The first-order valence-electron chi connectivity index (χ1n) is 10.2. The Balaban J connectivity index is 2.69. The van der Waals surface area contributed by atoms with E-state index in [0.717, 1.165) is 18.9 Å². The third-order valence-electron chi connectivity index (χ3n) is 6.07. The smallest absolute Gasteiger partial charge is 0.119 e. The molecule has 0 N–H and O–H groups in total. The molecule has 1 heterocycles. The van der Waals surface area contributed by atoms with Crippen LogP contribution in [0.3, 0.4) is 0 Å². The lowest BCUT2D eigenvalue weighted by molar-refractivity contribution is 0.0633. The highest BCUT2D eigenvalue weighted by atomic mass is 16.5. The van der Waals surface area contributed by atoms with Crippen LogP contribution in [0.15, 0.2) is 18.2 Å². The first-order valence-corrected chi connectivity index (χ1v) is 10.2. The molecule has 0 spiro atoms. The Morgan fingerprint density at radius 2 is 1.50 bits per heavy atom. The lowest BCUT2D eigenvalue weighted by atomic mass is 9.52. The van der Waals surface area contributed by atoms with E-state index in [9.17, 15) is 0 Å². The van der Waals surface area contributed by atoms with Gasteiger partial charge in [-0.3, -0.25) is 0 Å². The van der Waals surface area contributed by atoms with Crippen molar-refractivity contribution in [1.82, 2.24) is 0 Å². The van der Waals surface area contributed by atoms with Crippen molar-refractivity contribution in [3.05, 3.63) is 23.8 Å². The molecule has 1 aliphatic rings. The monoisotopic (exact) mass is 359 g/mol. The summed E-state index contributed by atoms with van der Waals surface area (Å²) in [4.78, 5) is 2.60. The van der Waals surface area contributed by atoms with E-state index in [1.54, 1.807) is 0 Å². The maximum Gasteiger partial charge on any atom is 0.119 e. The van der Waals surface area contributed by atoms with Crippen LogP contribution in [-0.2, 0) is 5.41 Å². The van der Waals surface area contributed by atoms with Crippen LogP contribution in [0.1, 0.15) is 81.7 Å². The zero-order chi connectivity index (χ0) is 20.1. The summed E-state index contributed by atoms with van der Waals surface area (Å²) in [5, 5.41) is 0. The molecule has 0 aliphatic carbocycles. The summed E-state index contributed by atoms with van der Waals surface area (Å²) in [7, 11) is 0. The van der Waals surface area contributed by atoms with Crippen molar-refractivity contribution in [2.45, 2.75) is 87.1 Å². The summed E-state index contributed by atoms with van der Waals surface area (Å²) < 4.78 is 6.11. The quantitative estimate of drug-likeness (QED) is 0.597. The van der Waals surface area contributed by atoms with Crippen molar-refractivity contribution in [3.63, 3.8) is 0 Å². The summed E-state index contributed by atoms with van der Waals surface area (Å²) in [6, 6.07) is 6.77. The van der Waals surface area contributed by atoms with Gasteiger partial charge in [-0.2, -0.15) is 0 Å². The van der Waals surface area contributed by atoms with Crippen molar-refractivity contribution in [1.29, 1.82) is 0 Å². The lowest BCUT2D eigenvalue weighted by Crippen LogP contribution is -2.55. The Kier molecular flexibility index (Phi) is 5.25. The normalized spacial score (nSPS) is 17.6. The van der Waals surface area contributed by atoms with E-state index in [1.807, 2.05) is 0 Å². The summed E-state index contributed by atoms with van der Waals surface area (Å²) >= 11 is 0. The molecule has 26 heavy (non-hydrogen) atoms. The molecule has 1 aromatic carbocycles. The predicted octanol–water partition coefficient (Wildman–Crippen LogP) is 6.67. The van der Waals surface area contributed by atoms with Crippen LogP contribution in [0.5, 0.6) is 5.75 Å². The van der Waals surface area contributed by atoms with Gasteiger partial charge in [0.05, 0.1) is 6.61 Å². The first kappa shape index (κ1) is 21.1. The average Bonchev–Trinajstić information content (AvgIpc) is 2.79. The Hall–Kier alpha value is -1.18. The van der Waals surface area contributed by atoms with Gasteiger partial charge in [0.15, 0.2) is 0 Å². The van der Waals surface area contributed by atoms with Crippen LogP contribution < -0.4 is 9.64 Å². The number of ether oxygens (including phenoxy) is 1. The van der Waals surface area contributed by atoms with Gasteiger partial charge in [-0.15, -0.1) is 0 Å². The summed E-state index contributed by atoms with van der Waals surface area (Å²) in [5.74, 6) is 1.54. The Morgan fingerprint density at radius 1 is 0.962 bits per heavy atom. The van der Waals surface area contributed by atoms with Crippen molar-refractivity contribution >= 4 is 5.69 Å². The van der Waals surface area contributed by atoms with Crippen molar-refractivity contribution < 1.29 is 4.74 Å². The molecule has 148 valence electrons. The van der Waals surface area contributed by atoms with Gasteiger partial charge in [-0.25, -0.2) is 0 Å². The third-order valence-corrected chi connectivity index (χ3v) is 6.07. The van der Waals surface area contributed by atoms with E-state index >= 15 is 0 Å². The largest absolute Gasteiger partial charge is 0.493 e. The topological polar surface area (TPSA) is 12.5 Å². The second kappa shape index (κ2) is 6.46. The van der Waals surface area contributed by atoms with Gasteiger partial charge in [0.2, 0.25) is 0 Å². The fourth-order valence-electron chi connectivity index (χ4n) is 4.86. The van der Waals surface area contributed by atoms with E-state index in [1.165, 1.54) is 11.3 Å². The minimum absolute atomic E-state index is 0.0554. The molecule has 0 bridgehead atoms. The van der Waals surface area contributed by atoms with Gasteiger partial charge in [-0.1, -0.05) is 55.4 Å². The maximum absolute atomic E-state index is 6.11. The van der Waals surface area contributed by atoms with Crippen LogP contribution in [-0.4, -0.2) is 18.7 Å². The Labute approximate surface area is 162 Å². The molecule has 0 saturated carbocycles. The first-order chi connectivity index (χ1) is 11.6. The van der Waals surface area contributed by atoms with E-state index in [4.69, 9.17) is 4.74 Å². The maximum atomic E-state index is 6.11. The third kappa shape index (κ3) is 3.49. The van der Waals surface area contributed by atoms with Crippen LogP contribution in [0.4, 0.5) is 5.69 Å². The van der Waals surface area contributed by atoms with Gasteiger partial charge >= 0.3 is 0 Å². The highest BCUT2D eigenvalue weighted by molar-refractivity contribution is 5.67. The van der Waals surface area contributed by atoms with E-state index < -0.39 is 0 Å². The van der Waals surface area contributed by atoms with Crippen molar-refractivity contribution in [2.24, 2.45) is 16.7 Å². The van der Waals surface area contributed by atoms with E-state index in [2.05, 4.69) is 99.3 Å². The minimum atomic E-state index is 0.0554. The Bertz CT molecular complexity index is 624. The molecule has 2 rings (SSSR count). The fraction of sp³-hybridized carbons (Fsp3) is 0.750. The van der Waals surface area contributed by atoms with Crippen LogP contribution in [0, 0.1) is 16.7 Å². The molecule has 2 heteroatoms. The molecule has 1 aliphatic heterocycles. The highest BCUT2D eigenvalue weighted by Gasteiger charge is 2.58. The zero-order valence-corrected chi connectivity index (χ0v) is 19.1. The Morgan fingerprint density at radius 3 is 1.92 bits per heavy atom. The standard InChI is InChI=1S/C24H41NO/c1-17(2)15-26-18-12-13-20-19(14-18)24(21(3,4)5,22(6,7)8)16-25(20)23(9,10)11/h12-14,17H,15-16H2,1-11H3. The zero-order valence-electron chi connectivity index (χ0n) is 19.1. The summed E-state index contributed by atoms with van der Waals surface area (Å²) in [6.45, 7) is 27.6. The van der Waals surface area contributed by atoms with Crippen LogP contribution >= 0.6 is 0 Å². The molecule has 0 unspecified atom stereocenters. The second-order valence-electron chi connectivity index (χ2n) is 11.5. The molecule has 0 atom stereocenters. The minimum Gasteiger partial charge on any atom is -0.493 e. The second-order valence-corrected chi connectivity index (χ2v) is 11.5. The number of nitrogens with zero attached hydrogens (tertiary/aromatic N) is 1. The number of rotatable bonds is 3. The molecule has 0 aromatic heterocycles. The molecule has 0 fully saturated rings. The van der Waals surface area contributed by atoms with Gasteiger partial charge in [-0.05, 0) is 61.3 Å². The number of hydrogen-bond donors (Lipinski definition) is 0. The van der Waals surface area contributed by atoms with Gasteiger partial charge in [0, 0.05) is 23.2 Å². The van der Waals surface area contributed by atoms with Crippen molar-refractivity contribution in [2.75, 3.05) is 18.1 Å². The predicted molar refractivity (Wildman–Crippen MR) is 114 cm³/mol. The van der Waals surface area contributed by atoms with E-state index in [0.29, 0.717) is 5.92 Å². The number of benzene rings is 1. The van der Waals surface area contributed by atoms with Crippen molar-refractivity contribution in [3.8, 4) is 5.75 Å². The van der Waals surface area contributed by atoms with Gasteiger partial charge in [0.25, 0.3) is 0 Å². The average molecular weight is 360 g/mol. The molecule has 0 radical (unpaired) electrons. The number of hydrogen-bond acceptors (Lipinski definition) is 2. The van der Waals surface area contributed by atoms with E-state index in [-0.39, 0.29) is 21.8 Å². The highest BCUT2D eigenvalue weighted by Crippen LogP contribution is 2.61. The molecule has 1 aromatic rings. The van der Waals surface area contributed by atoms with Crippen LogP contribution in [0.2, 0.25) is 0 Å². The molecule has 0 amide bonds. The van der Waals surface area contributed by atoms with Gasteiger partial charge in [0.1, 0.15) is 5.75 Å². The number of fused-ring (bicyclic) bond motifs is 1. The SMILES string of the molecule is CC(C)COc1ccc2c(c1)C(C(C)(C)C)(C(C)(C)C)CN2C(C)(C)C. The summed E-state index contributed by atoms with van der Waals surface area (Å²) in [5.41, 5.74) is 3.24. The van der Waals surface area contributed by atoms with Gasteiger partial charge < -0.3 is 9.64 Å².